The molecule has 228 valence electrons. The molecule has 5 rings (SSSR count). The van der Waals surface area contributed by atoms with Gasteiger partial charge in [0.05, 0.1) is 27.3 Å². The van der Waals surface area contributed by atoms with Gasteiger partial charge in [0.2, 0.25) is 0 Å². The van der Waals surface area contributed by atoms with Crippen LogP contribution < -0.4 is 0 Å². The van der Waals surface area contributed by atoms with E-state index in [-0.39, 0.29) is 33.3 Å². The topological polar surface area (TPSA) is 67.3 Å². The Hall–Kier alpha value is -4.22. The molecular weight excluding hydrogens is 604 g/mol. The van der Waals surface area contributed by atoms with Gasteiger partial charge in [0.25, 0.3) is 0 Å². The Morgan fingerprint density at radius 3 is 2.14 bits per heavy atom. The van der Waals surface area contributed by atoms with Crippen LogP contribution in [0.4, 0.5) is 26.3 Å². The molecule has 11 heteroatoms. The Bertz CT molecular complexity index is 1920. The zero-order valence-electron chi connectivity index (χ0n) is 23.0. The molecule has 44 heavy (non-hydrogen) atoms. The van der Waals surface area contributed by atoms with Crippen LogP contribution in [0.2, 0.25) is 0 Å². The number of pyridine rings is 1. The zero-order valence-corrected chi connectivity index (χ0v) is 23.8. The number of sulfone groups is 1. The summed E-state index contributed by atoms with van der Waals surface area (Å²) in [6, 6.07) is 21.2. The van der Waals surface area contributed by atoms with E-state index in [0.717, 1.165) is 23.8 Å². The fourth-order valence-electron chi connectivity index (χ4n) is 5.19. The molecule has 1 heterocycles. The fourth-order valence-corrected chi connectivity index (χ4v) is 6.71. The second-order valence-corrected chi connectivity index (χ2v) is 12.3. The van der Waals surface area contributed by atoms with Gasteiger partial charge in [-0.25, -0.2) is 8.42 Å². The number of alkyl halides is 6. The van der Waals surface area contributed by atoms with Crippen molar-refractivity contribution >= 4 is 20.7 Å². The van der Waals surface area contributed by atoms with Gasteiger partial charge in [-0.3, -0.25) is 4.98 Å². The highest BCUT2D eigenvalue weighted by Gasteiger charge is 2.34. The molecule has 0 unspecified atom stereocenters. The summed E-state index contributed by atoms with van der Waals surface area (Å²) < 4.78 is 109. The molecule has 0 aliphatic rings. The van der Waals surface area contributed by atoms with Gasteiger partial charge in [0.15, 0.2) is 9.84 Å². The molecule has 0 aliphatic heterocycles. The quantitative estimate of drug-likeness (QED) is 0.175. The van der Waals surface area contributed by atoms with Gasteiger partial charge in [-0.15, -0.1) is 0 Å². The number of aromatic nitrogens is 1. The maximum atomic E-state index is 14.0. The summed E-state index contributed by atoms with van der Waals surface area (Å²) >= 11 is 0. The molecule has 0 fully saturated rings. The van der Waals surface area contributed by atoms with E-state index in [9.17, 15) is 39.9 Å². The van der Waals surface area contributed by atoms with Crippen LogP contribution in [0.5, 0.6) is 0 Å². The lowest BCUT2D eigenvalue weighted by Gasteiger charge is -2.18. The highest BCUT2D eigenvalue weighted by Crippen LogP contribution is 2.41. The van der Waals surface area contributed by atoms with Crippen molar-refractivity contribution in [1.82, 2.24) is 4.98 Å². The number of benzene rings is 4. The standard InChI is InChI=1S/C33H25F6NO3S/c34-32(35,36)25-13-14-29(44(42,43)16-6-15-41)27(19-25)22-9-4-10-23(18-22)30-24(17-21-7-2-1-3-8-21)20-40-31-26(30)11-5-12-28(31)33(37,38)39/h1-5,7-14,18-20,41H,6,15-17H2. The maximum Gasteiger partial charge on any atom is 0.418 e. The third kappa shape index (κ3) is 6.48. The van der Waals surface area contributed by atoms with Gasteiger partial charge in [-0.2, -0.15) is 26.3 Å². The molecule has 0 aliphatic carbocycles. The van der Waals surface area contributed by atoms with Crippen LogP contribution in [0.3, 0.4) is 0 Å². The molecule has 0 saturated carbocycles. The zero-order chi connectivity index (χ0) is 31.7. The van der Waals surface area contributed by atoms with Crippen molar-refractivity contribution in [2.24, 2.45) is 0 Å². The summed E-state index contributed by atoms with van der Waals surface area (Å²) in [5.74, 6) is -0.488. The van der Waals surface area contributed by atoms with E-state index in [2.05, 4.69) is 4.98 Å². The molecule has 0 spiro atoms. The third-order valence-electron chi connectivity index (χ3n) is 7.19. The summed E-state index contributed by atoms with van der Waals surface area (Å²) in [6.45, 7) is -0.427. The Morgan fingerprint density at radius 2 is 1.45 bits per heavy atom. The lowest BCUT2D eigenvalue weighted by molar-refractivity contribution is -0.138. The summed E-state index contributed by atoms with van der Waals surface area (Å²) in [5.41, 5.74) is -0.185. The van der Waals surface area contributed by atoms with Crippen molar-refractivity contribution in [3.8, 4) is 22.3 Å². The summed E-state index contributed by atoms with van der Waals surface area (Å²) in [7, 11) is -4.11. The first-order valence-corrected chi connectivity index (χ1v) is 15.1. The van der Waals surface area contributed by atoms with Crippen LogP contribution in [-0.2, 0) is 28.6 Å². The number of aliphatic hydroxyl groups is 1. The van der Waals surface area contributed by atoms with Crippen LogP contribution in [0.15, 0.2) is 102 Å². The summed E-state index contributed by atoms with van der Waals surface area (Å²) in [5, 5.41) is 9.36. The summed E-state index contributed by atoms with van der Waals surface area (Å²) in [4.78, 5) is 3.83. The van der Waals surface area contributed by atoms with E-state index in [1.807, 2.05) is 30.3 Å². The molecule has 4 nitrogen and oxygen atoms in total. The normalized spacial score (nSPS) is 12.5. The van der Waals surface area contributed by atoms with E-state index >= 15 is 0 Å². The van der Waals surface area contributed by atoms with Gasteiger partial charge < -0.3 is 5.11 Å². The Morgan fingerprint density at radius 1 is 0.750 bits per heavy atom. The predicted molar refractivity (Wildman–Crippen MR) is 156 cm³/mol. The molecule has 0 saturated heterocycles. The van der Waals surface area contributed by atoms with Gasteiger partial charge in [-0.1, -0.05) is 60.7 Å². The van der Waals surface area contributed by atoms with Crippen LogP contribution >= 0.6 is 0 Å². The highest BCUT2D eigenvalue weighted by atomic mass is 32.2. The lowest BCUT2D eigenvalue weighted by Crippen LogP contribution is -2.12. The average Bonchev–Trinajstić information content (AvgIpc) is 2.99. The van der Waals surface area contributed by atoms with Crippen LogP contribution in [-0.4, -0.2) is 30.9 Å². The number of hydrogen-bond acceptors (Lipinski definition) is 4. The predicted octanol–water partition coefficient (Wildman–Crippen LogP) is 8.35. The molecule has 4 aromatic carbocycles. The first-order chi connectivity index (χ1) is 20.8. The number of halogens is 6. The second-order valence-electron chi connectivity index (χ2n) is 10.2. The Balaban J connectivity index is 1.77. The number of aliphatic hydroxyl groups excluding tert-OH is 1. The molecule has 5 aromatic rings. The van der Waals surface area contributed by atoms with E-state index in [1.54, 1.807) is 6.07 Å². The van der Waals surface area contributed by atoms with E-state index < -0.39 is 45.7 Å². The van der Waals surface area contributed by atoms with E-state index in [1.165, 1.54) is 36.5 Å². The Kier molecular flexibility index (Phi) is 8.55. The number of hydrogen-bond donors (Lipinski definition) is 1. The molecule has 1 N–H and O–H groups in total. The number of para-hydroxylation sites is 1. The first-order valence-electron chi connectivity index (χ1n) is 13.5. The monoisotopic (exact) mass is 629 g/mol. The van der Waals surface area contributed by atoms with Crippen molar-refractivity contribution in [2.45, 2.75) is 30.1 Å². The second kappa shape index (κ2) is 12.0. The molecule has 1 aromatic heterocycles. The van der Waals surface area contributed by atoms with Gasteiger partial charge >= 0.3 is 12.4 Å². The minimum absolute atomic E-state index is 0.115. The summed E-state index contributed by atoms with van der Waals surface area (Å²) in [6.07, 6.45) is -7.91. The third-order valence-corrected chi connectivity index (χ3v) is 9.05. The highest BCUT2D eigenvalue weighted by molar-refractivity contribution is 7.91. The minimum Gasteiger partial charge on any atom is -0.396 e. The number of nitrogens with zero attached hydrogens (tertiary/aromatic N) is 1. The fraction of sp³-hybridized carbons (Fsp3) is 0.182. The SMILES string of the molecule is O=S(=O)(CCCO)c1ccc(C(F)(F)F)cc1-c1cccc(-c2c(Cc3ccccc3)cnc3c(C(F)(F)F)cccc23)c1. The number of fused-ring (bicyclic) bond motifs is 1. The van der Waals surface area contributed by atoms with Gasteiger partial charge in [-0.05, 0) is 71.0 Å². The van der Waals surface area contributed by atoms with Crippen LogP contribution in [0, 0.1) is 0 Å². The van der Waals surface area contributed by atoms with Gasteiger partial charge in [0.1, 0.15) is 0 Å². The van der Waals surface area contributed by atoms with Crippen LogP contribution in [0.1, 0.15) is 28.7 Å². The van der Waals surface area contributed by atoms with Crippen molar-refractivity contribution < 1.29 is 39.9 Å². The molecular formula is C33H25F6NO3S. The minimum atomic E-state index is -4.77. The van der Waals surface area contributed by atoms with Crippen molar-refractivity contribution in [3.05, 3.63) is 119 Å². The lowest BCUT2D eigenvalue weighted by atomic mass is 9.90. The van der Waals surface area contributed by atoms with Crippen molar-refractivity contribution in [2.75, 3.05) is 12.4 Å². The van der Waals surface area contributed by atoms with E-state index in [4.69, 9.17) is 0 Å². The first kappa shape index (κ1) is 31.2. The van der Waals surface area contributed by atoms with Crippen molar-refractivity contribution in [3.63, 3.8) is 0 Å². The molecule has 0 radical (unpaired) electrons. The molecule has 0 amide bonds. The largest absolute Gasteiger partial charge is 0.418 e. The molecule has 0 bridgehead atoms. The van der Waals surface area contributed by atoms with Crippen LogP contribution in [0.25, 0.3) is 33.2 Å². The van der Waals surface area contributed by atoms with Crippen molar-refractivity contribution in [1.29, 1.82) is 0 Å². The maximum absolute atomic E-state index is 14.0. The number of rotatable bonds is 8. The van der Waals surface area contributed by atoms with Gasteiger partial charge in [0, 0.05) is 23.8 Å². The smallest absolute Gasteiger partial charge is 0.396 e. The van der Waals surface area contributed by atoms with E-state index in [0.29, 0.717) is 29.2 Å². The molecule has 0 atom stereocenters. The Labute approximate surface area is 249 Å². The average molecular weight is 630 g/mol.